The SMILES string of the molecule is C/C=C/C=C\C(=C/C)NSN(N)C(C)C. The van der Waals surface area contributed by atoms with E-state index >= 15 is 0 Å². The number of allylic oxidation sites excluding steroid dienone is 5. The molecule has 3 N–H and O–H groups in total. The highest BCUT2D eigenvalue weighted by molar-refractivity contribution is 7.95. The lowest BCUT2D eigenvalue weighted by Crippen LogP contribution is -2.33. The molecule has 0 heterocycles. The molecule has 0 aromatic carbocycles. The topological polar surface area (TPSA) is 41.3 Å². The van der Waals surface area contributed by atoms with Crippen molar-refractivity contribution in [2.24, 2.45) is 5.84 Å². The molecule has 0 atom stereocenters. The molecule has 3 nitrogen and oxygen atoms in total. The van der Waals surface area contributed by atoms with E-state index in [4.69, 9.17) is 5.84 Å². The van der Waals surface area contributed by atoms with E-state index < -0.39 is 0 Å². The minimum atomic E-state index is 0.306. The quantitative estimate of drug-likeness (QED) is 0.317. The van der Waals surface area contributed by atoms with Gasteiger partial charge in [0.15, 0.2) is 0 Å². The maximum Gasteiger partial charge on any atom is 0.0525 e. The molecule has 0 aromatic heterocycles. The lowest BCUT2D eigenvalue weighted by atomic mass is 10.3. The molecule has 0 rings (SSSR count). The highest BCUT2D eigenvalue weighted by Gasteiger charge is 2.03. The average molecular weight is 227 g/mol. The van der Waals surface area contributed by atoms with Gasteiger partial charge in [0.25, 0.3) is 0 Å². The minimum Gasteiger partial charge on any atom is -0.316 e. The predicted octanol–water partition coefficient (Wildman–Crippen LogP) is 2.76. The summed E-state index contributed by atoms with van der Waals surface area (Å²) in [5.41, 5.74) is 1.04. The second-order valence-corrected chi connectivity index (χ2v) is 4.08. The Morgan fingerprint density at radius 1 is 1.33 bits per heavy atom. The summed E-state index contributed by atoms with van der Waals surface area (Å²) in [5, 5.41) is 0. The highest BCUT2D eigenvalue weighted by atomic mass is 32.2. The second kappa shape index (κ2) is 8.59. The van der Waals surface area contributed by atoms with Crippen molar-refractivity contribution in [1.29, 1.82) is 0 Å². The molecule has 0 spiro atoms. The van der Waals surface area contributed by atoms with Crippen LogP contribution in [-0.2, 0) is 0 Å². The van der Waals surface area contributed by atoms with Gasteiger partial charge < -0.3 is 4.72 Å². The van der Waals surface area contributed by atoms with Crippen LogP contribution in [0.15, 0.2) is 36.1 Å². The molecule has 0 saturated heterocycles. The summed E-state index contributed by atoms with van der Waals surface area (Å²) < 4.78 is 4.84. The monoisotopic (exact) mass is 227 g/mol. The number of nitrogens with one attached hydrogen (secondary N) is 1. The van der Waals surface area contributed by atoms with Gasteiger partial charge in [-0.15, -0.1) is 0 Å². The molecule has 0 bridgehead atoms. The minimum absolute atomic E-state index is 0.306. The summed E-state index contributed by atoms with van der Waals surface area (Å²) in [6.45, 7) is 8.06. The molecule has 15 heavy (non-hydrogen) atoms. The normalized spacial score (nSPS) is 13.7. The van der Waals surface area contributed by atoms with Gasteiger partial charge in [-0.05, 0) is 33.8 Å². The van der Waals surface area contributed by atoms with Crippen LogP contribution in [-0.4, -0.2) is 10.5 Å². The third-order valence-electron chi connectivity index (χ3n) is 1.67. The van der Waals surface area contributed by atoms with E-state index in [1.807, 2.05) is 58.1 Å². The van der Waals surface area contributed by atoms with Gasteiger partial charge >= 0.3 is 0 Å². The summed E-state index contributed by atoms with van der Waals surface area (Å²) in [4.78, 5) is 0. The van der Waals surface area contributed by atoms with Crippen LogP contribution in [0.4, 0.5) is 0 Å². The molecular formula is C11H21N3S. The molecule has 0 fully saturated rings. The van der Waals surface area contributed by atoms with Crippen molar-refractivity contribution < 1.29 is 0 Å². The number of hydrazine groups is 1. The van der Waals surface area contributed by atoms with Gasteiger partial charge in [-0.1, -0.05) is 24.3 Å². The summed E-state index contributed by atoms with van der Waals surface area (Å²) in [5.74, 6) is 5.74. The summed E-state index contributed by atoms with van der Waals surface area (Å²) in [7, 11) is 0. The van der Waals surface area contributed by atoms with E-state index in [1.165, 1.54) is 12.1 Å². The van der Waals surface area contributed by atoms with E-state index in [-0.39, 0.29) is 0 Å². The fraction of sp³-hybridized carbons (Fsp3) is 0.455. The van der Waals surface area contributed by atoms with Crippen molar-refractivity contribution in [2.45, 2.75) is 33.7 Å². The van der Waals surface area contributed by atoms with Crippen molar-refractivity contribution in [3.63, 3.8) is 0 Å². The van der Waals surface area contributed by atoms with Crippen LogP contribution >= 0.6 is 12.1 Å². The number of rotatable bonds is 6. The highest BCUT2D eigenvalue weighted by Crippen LogP contribution is 2.07. The molecule has 0 saturated carbocycles. The number of nitrogens with two attached hydrogens (primary N) is 1. The average Bonchev–Trinajstić information content (AvgIpc) is 2.22. The predicted molar refractivity (Wildman–Crippen MR) is 69.6 cm³/mol. The Hall–Kier alpha value is -0.710. The smallest absolute Gasteiger partial charge is 0.0525 e. The van der Waals surface area contributed by atoms with Crippen molar-refractivity contribution in [3.05, 3.63) is 36.1 Å². The van der Waals surface area contributed by atoms with Crippen LogP contribution in [0.2, 0.25) is 0 Å². The van der Waals surface area contributed by atoms with Crippen LogP contribution in [0.5, 0.6) is 0 Å². The van der Waals surface area contributed by atoms with Crippen LogP contribution in [0.1, 0.15) is 27.7 Å². The first kappa shape index (κ1) is 14.3. The van der Waals surface area contributed by atoms with Crippen molar-refractivity contribution in [2.75, 3.05) is 0 Å². The standard InChI is InChI=1S/C11H21N3S/c1-5-7-8-9-11(6-2)13-15-14(12)10(3)4/h5-10,13H,12H2,1-4H3/b7-5+,9-8-,11-6+. The lowest BCUT2D eigenvalue weighted by Gasteiger charge is -2.19. The van der Waals surface area contributed by atoms with E-state index in [0.29, 0.717) is 6.04 Å². The maximum absolute atomic E-state index is 5.74. The van der Waals surface area contributed by atoms with Crippen LogP contribution < -0.4 is 10.6 Å². The first-order valence-electron chi connectivity index (χ1n) is 5.04. The fourth-order valence-corrected chi connectivity index (χ4v) is 1.28. The molecule has 0 aliphatic carbocycles. The van der Waals surface area contributed by atoms with Gasteiger partial charge in [0, 0.05) is 11.7 Å². The molecule has 4 heteroatoms. The number of hydrogen-bond donors (Lipinski definition) is 2. The number of hydrogen-bond acceptors (Lipinski definition) is 4. The Morgan fingerprint density at radius 2 is 2.00 bits per heavy atom. The Morgan fingerprint density at radius 3 is 2.47 bits per heavy atom. The van der Waals surface area contributed by atoms with E-state index in [0.717, 1.165) is 5.70 Å². The molecule has 0 aromatic rings. The van der Waals surface area contributed by atoms with Gasteiger partial charge in [-0.3, -0.25) is 5.84 Å². The molecule has 0 radical (unpaired) electrons. The van der Waals surface area contributed by atoms with Gasteiger partial charge in [0.1, 0.15) is 0 Å². The largest absolute Gasteiger partial charge is 0.316 e. The fourth-order valence-electron chi connectivity index (χ4n) is 0.670. The van der Waals surface area contributed by atoms with Crippen molar-refractivity contribution in [3.8, 4) is 0 Å². The van der Waals surface area contributed by atoms with Gasteiger partial charge in [0.2, 0.25) is 0 Å². The first-order valence-corrected chi connectivity index (χ1v) is 5.81. The van der Waals surface area contributed by atoms with Crippen LogP contribution in [0.3, 0.4) is 0 Å². The van der Waals surface area contributed by atoms with Crippen LogP contribution in [0, 0.1) is 0 Å². The summed E-state index contributed by atoms with van der Waals surface area (Å²) in [6, 6.07) is 0.306. The summed E-state index contributed by atoms with van der Waals surface area (Å²) in [6.07, 6.45) is 9.96. The third-order valence-corrected chi connectivity index (χ3v) is 2.63. The van der Waals surface area contributed by atoms with Gasteiger partial charge in [-0.25, -0.2) is 0 Å². The third kappa shape index (κ3) is 7.25. The Bertz CT molecular complexity index is 244. The number of nitrogens with zero attached hydrogens (tertiary/aromatic N) is 1. The van der Waals surface area contributed by atoms with Crippen molar-refractivity contribution in [1.82, 2.24) is 9.14 Å². The Balaban J connectivity index is 4.02. The van der Waals surface area contributed by atoms with E-state index in [1.54, 1.807) is 4.41 Å². The van der Waals surface area contributed by atoms with Crippen LogP contribution in [0.25, 0.3) is 0 Å². The maximum atomic E-state index is 5.74. The van der Waals surface area contributed by atoms with E-state index in [2.05, 4.69) is 4.72 Å². The lowest BCUT2D eigenvalue weighted by molar-refractivity contribution is 0.412. The van der Waals surface area contributed by atoms with Gasteiger partial charge in [-0.2, -0.15) is 4.41 Å². The zero-order valence-corrected chi connectivity index (χ0v) is 10.7. The first-order chi connectivity index (χ1) is 7.11. The Kier molecular flexibility index (Phi) is 8.18. The molecule has 0 aliphatic rings. The van der Waals surface area contributed by atoms with Gasteiger partial charge in [0.05, 0.1) is 12.1 Å². The summed E-state index contributed by atoms with van der Waals surface area (Å²) >= 11 is 1.39. The van der Waals surface area contributed by atoms with E-state index in [9.17, 15) is 0 Å². The second-order valence-electron chi connectivity index (χ2n) is 3.28. The molecule has 86 valence electrons. The zero-order valence-electron chi connectivity index (χ0n) is 9.90. The zero-order chi connectivity index (χ0) is 11.7. The Labute approximate surface area is 97.3 Å². The molecule has 0 unspecified atom stereocenters. The molecular weight excluding hydrogens is 206 g/mol. The molecule has 0 amide bonds. The molecule has 0 aliphatic heterocycles. The van der Waals surface area contributed by atoms with Crippen molar-refractivity contribution >= 4 is 12.1 Å².